The molecule has 0 aliphatic carbocycles. The molecule has 3 heteroatoms. The molecular formula is C16H17NO2. The van der Waals surface area contributed by atoms with Gasteiger partial charge in [0.15, 0.2) is 6.61 Å². The van der Waals surface area contributed by atoms with Gasteiger partial charge in [-0.3, -0.25) is 4.79 Å². The van der Waals surface area contributed by atoms with E-state index in [-0.39, 0.29) is 12.5 Å². The fourth-order valence-corrected chi connectivity index (χ4v) is 1.74. The van der Waals surface area contributed by atoms with Crippen molar-refractivity contribution in [1.29, 1.82) is 0 Å². The van der Waals surface area contributed by atoms with Crippen LogP contribution in [0, 0.1) is 13.8 Å². The Morgan fingerprint density at radius 3 is 2.53 bits per heavy atom. The first-order chi connectivity index (χ1) is 9.16. The molecule has 98 valence electrons. The van der Waals surface area contributed by atoms with Crippen LogP contribution in [-0.2, 0) is 4.79 Å². The fraction of sp³-hybridized carbons (Fsp3) is 0.188. The van der Waals surface area contributed by atoms with E-state index in [1.165, 1.54) is 0 Å². The Bertz CT molecular complexity index is 564. The quantitative estimate of drug-likeness (QED) is 0.910. The van der Waals surface area contributed by atoms with Crippen molar-refractivity contribution in [2.75, 3.05) is 11.9 Å². The van der Waals surface area contributed by atoms with Crippen molar-refractivity contribution in [2.45, 2.75) is 13.8 Å². The number of amides is 1. The number of rotatable bonds is 4. The van der Waals surface area contributed by atoms with E-state index in [0.29, 0.717) is 0 Å². The van der Waals surface area contributed by atoms with Crippen LogP contribution in [0.15, 0.2) is 48.5 Å². The van der Waals surface area contributed by atoms with Gasteiger partial charge in [-0.05, 0) is 43.2 Å². The summed E-state index contributed by atoms with van der Waals surface area (Å²) in [6, 6.07) is 15.2. The number of nitrogens with one attached hydrogen (secondary N) is 1. The Morgan fingerprint density at radius 2 is 1.79 bits per heavy atom. The van der Waals surface area contributed by atoms with E-state index in [1.807, 2.05) is 62.4 Å². The number of carbonyl (C=O) groups is 1. The summed E-state index contributed by atoms with van der Waals surface area (Å²) >= 11 is 0. The Labute approximate surface area is 113 Å². The van der Waals surface area contributed by atoms with E-state index in [0.717, 1.165) is 22.6 Å². The lowest BCUT2D eigenvalue weighted by molar-refractivity contribution is -0.118. The van der Waals surface area contributed by atoms with Gasteiger partial charge in [0, 0.05) is 5.69 Å². The van der Waals surface area contributed by atoms with Crippen LogP contribution >= 0.6 is 0 Å². The maximum absolute atomic E-state index is 11.7. The average molecular weight is 255 g/mol. The number of benzene rings is 2. The Kier molecular flexibility index (Phi) is 4.18. The number of anilines is 1. The molecule has 3 nitrogen and oxygen atoms in total. The lowest BCUT2D eigenvalue weighted by atomic mass is 10.1. The van der Waals surface area contributed by atoms with Crippen LogP contribution in [0.2, 0.25) is 0 Å². The third-order valence-corrected chi connectivity index (χ3v) is 2.97. The van der Waals surface area contributed by atoms with Crippen LogP contribution in [0.25, 0.3) is 0 Å². The maximum Gasteiger partial charge on any atom is 0.262 e. The van der Waals surface area contributed by atoms with Crippen molar-refractivity contribution in [3.8, 4) is 5.75 Å². The number of aryl methyl sites for hydroxylation is 1. The summed E-state index contributed by atoms with van der Waals surface area (Å²) in [5, 5.41) is 2.78. The summed E-state index contributed by atoms with van der Waals surface area (Å²) in [6.07, 6.45) is 0. The number of hydrogen-bond donors (Lipinski definition) is 1. The molecule has 0 saturated carbocycles. The van der Waals surface area contributed by atoms with E-state index in [9.17, 15) is 4.79 Å². The molecule has 0 heterocycles. The lowest BCUT2D eigenvalue weighted by Gasteiger charge is -2.11. The summed E-state index contributed by atoms with van der Waals surface area (Å²) in [7, 11) is 0. The van der Waals surface area contributed by atoms with Gasteiger partial charge in [-0.2, -0.15) is 0 Å². The van der Waals surface area contributed by atoms with Crippen LogP contribution in [-0.4, -0.2) is 12.5 Å². The molecule has 0 bridgehead atoms. The largest absolute Gasteiger partial charge is 0.483 e. The number of para-hydroxylation sites is 1. The van der Waals surface area contributed by atoms with Crippen molar-refractivity contribution in [2.24, 2.45) is 0 Å². The molecule has 0 aliphatic heterocycles. The Balaban J connectivity index is 1.92. The summed E-state index contributed by atoms with van der Waals surface area (Å²) in [4.78, 5) is 11.7. The highest BCUT2D eigenvalue weighted by molar-refractivity contribution is 5.91. The molecule has 0 radical (unpaired) electrons. The molecule has 19 heavy (non-hydrogen) atoms. The van der Waals surface area contributed by atoms with Gasteiger partial charge < -0.3 is 10.1 Å². The van der Waals surface area contributed by atoms with Crippen molar-refractivity contribution in [3.05, 3.63) is 59.7 Å². The summed E-state index contributed by atoms with van der Waals surface area (Å²) < 4.78 is 5.54. The van der Waals surface area contributed by atoms with Gasteiger partial charge in [0.1, 0.15) is 5.75 Å². The fourth-order valence-electron chi connectivity index (χ4n) is 1.74. The maximum atomic E-state index is 11.7. The second kappa shape index (κ2) is 6.05. The summed E-state index contributed by atoms with van der Waals surface area (Å²) in [6.45, 7) is 4.02. The summed E-state index contributed by atoms with van der Waals surface area (Å²) in [5.41, 5.74) is 2.99. The van der Waals surface area contributed by atoms with Crippen molar-refractivity contribution in [1.82, 2.24) is 0 Å². The van der Waals surface area contributed by atoms with Crippen LogP contribution < -0.4 is 10.1 Å². The minimum atomic E-state index is -0.160. The van der Waals surface area contributed by atoms with Gasteiger partial charge >= 0.3 is 0 Å². The Morgan fingerprint density at radius 1 is 1.05 bits per heavy atom. The Hall–Kier alpha value is -2.29. The van der Waals surface area contributed by atoms with Crippen LogP contribution in [0.5, 0.6) is 5.75 Å². The van der Waals surface area contributed by atoms with E-state index in [4.69, 9.17) is 4.74 Å². The minimum Gasteiger partial charge on any atom is -0.483 e. The smallest absolute Gasteiger partial charge is 0.262 e. The third-order valence-electron chi connectivity index (χ3n) is 2.97. The molecule has 0 fully saturated rings. The molecule has 0 aliphatic rings. The average Bonchev–Trinajstić information content (AvgIpc) is 2.42. The first-order valence-corrected chi connectivity index (χ1v) is 6.21. The van der Waals surface area contributed by atoms with Crippen molar-refractivity contribution >= 4 is 11.6 Å². The topological polar surface area (TPSA) is 38.3 Å². The highest BCUT2D eigenvalue weighted by Crippen LogP contribution is 2.20. The van der Waals surface area contributed by atoms with E-state index >= 15 is 0 Å². The first kappa shape index (κ1) is 13.1. The predicted octanol–water partition coefficient (Wildman–Crippen LogP) is 3.32. The zero-order valence-corrected chi connectivity index (χ0v) is 11.1. The second-order valence-electron chi connectivity index (χ2n) is 4.40. The van der Waals surface area contributed by atoms with Gasteiger partial charge in [-0.1, -0.05) is 30.3 Å². The molecule has 2 rings (SSSR count). The standard InChI is InChI=1S/C16H17NO2/c1-12-7-6-10-15(13(12)2)19-11-16(18)17-14-8-4-3-5-9-14/h3-10H,11H2,1-2H3,(H,17,18). The zero-order valence-electron chi connectivity index (χ0n) is 11.1. The minimum absolute atomic E-state index is 0.0131. The molecule has 2 aromatic rings. The van der Waals surface area contributed by atoms with Crippen LogP contribution in [0.3, 0.4) is 0 Å². The van der Waals surface area contributed by atoms with Gasteiger partial charge in [-0.25, -0.2) is 0 Å². The van der Waals surface area contributed by atoms with Crippen molar-refractivity contribution < 1.29 is 9.53 Å². The van der Waals surface area contributed by atoms with Gasteiger partial charge in [0.05, 0.1) is 0 Å². The molecule has 0 spiro atoms. The normalized spacial score (nSPS) is 10.0. The highest BCUT2D eigenvalue weighted by Gasteiger charge is 2.06. The number of carbonyl (C=O) groups excluding carboxylic acids is 1. The second-order valence-corrected chi connectivity index (χ2v) is 4.40. The molecule has 1 N–H and O–H groups in total. The molecule has 0 saturated heterocycles. The molecule has 0 unspecified atom stereocenters. The number of hydrogen-bond acceptors (Lipinski definition) is 2. The highest BCUT2D eigenvalue weighted by atomic mass is 16.5. The monoisotopic (exact) mass is 255 g/mol. The lowest BCUT2D eigenvalue weighted by Crippen LogP contribution is -2.20. The first-order valence-electron chi connectivity index (χ1n) is 6.21. The van der Waals surface area contributed by atoms with E-state index in [2.05, 4.69) is 5.32 Å². The zero-order chi connectivity index (χ0) is 13.7. The summed E-state index contributed by atoms with van der Waals surface area (Å²) in [5.74, 6) is 0.593. The van der Waals surface area contributed by atoms with Crippen molar-refractivity contribution in [3.63, 3.8) is 0 Å². The van der Waals surface area contributed by atoms with E-state index < -0.39 is 0 Å². The molecule has 2 aromatic carbocycles. The SMILES string of the molecule is Cc1cccc(OCC(=O)Nc2ccccc2)c1C. The third kappa shape index (κ3) is 3.58. The predicted molar refractivity (Wildman–Crippen MR) is 76.5 cm³/mol. The van der Waals surface area contributed by atoms with Crippen LogP contribution in [0.4, 0.5) is 5.69 Å². The number of ether oxygens (including phenoxy) is 1. The van der Waals surface area contributed by atoms with Crippen LogP contribution in [0.1, 0.15) is 11.1 Å². The van der Waals surface area contributed by atoms with E-state index in [1.54, 1.807) is 0 Å². The molecule has 0 aromatic heterocycles. The molecule has 0 atom stereocenters. The molecule has 1 amide bonds. The molecular weight excluding hydrogens is 238 g/mol. The van der Waals surface area contributed by atoms with Gasteiger partial charge in [-0.15, -0.1) is 0 Å². The van der Waals surface area contributed by atoms with Gasteiger partial charge in [0.25, 0.3) is 5.91 Å². The van der Waals surface area contributed by atoms with Gasteiger partial charge in [0.2, 0.25) is 0 Å².